The first kappa shape index (κ1) is 14.8. The normalized spacial score (nSPS) is 20.7. The molecule has 1 aromatic rings. The lowest BCUT2D eigenvalue weighted by Crippen LogP contribution is -2.41. The first-order valence-corrected chi connectivity index (χ1v) is 7.36. The molecule has 0 aromatic carbocycles. The Kier molecular flexibility index (Phi) is 4.54. The topological polar surface area (TPSA) is 47.3 Å². The van der Waals surface area contributed by atoms with Crippen LogP contribution in [0.25, 0.3) is 0 Å². The highest BCUT2D eigenvalue weighted by Crippen LogP contribution is 2.43. The maximum atomic E-state index is 10.8. The number of hydrogen-bond acceptors (Lipinski definition) is 3. The van der Waals surface area contributed by atoms with Crippen molar-refractivity contribution in [3.63, 3.8) is 0 Å². The van der Waals surface area contributed by atoms with Crippen LogP contribution < -0.4 is 0 Å². The van der Waals surface area contributed by atoms with Gasteiger partial charge in [0.2, 0.25) is 0 Å². The Balaban J connectivity index is 2.36. The summed E-state index contributed by atoms with van der Waals surface area (Å²) in [6.07, 6.45) is 5.97. The number of aliphatic hydroxyl groups is 1. The molecule has 5 heteroatoms. The quantitative estimate of drug-likeness (QED) is 0.921. The van der Waals surface area contributed by atoms with E-state index < -0.39 is 11.7 Å². The van der Waals surface area contributed by atoms with E-state index in [4.69, 9.17) is 16.3 Å². The summed E-state index contributed by atoms with van der Waals surface area (Å²) in [4.78, 5) is 0. The average Bonchev–Trinajstić information content (AvgIpc) is 2.80. The maximum Gasteiger partial charge on any atom is 0.126 e. The van der Waals surface area contributed by atoms with Crippen molar-refractivity contribution >= 4 is 11.6 Å². The molecular weight excluding hydrogens is 264 g/mol. The molecule has 4 nitrogen and oxygen atoms in total. The molecule has 1 unspecified atom stereocenters. The van der Waals surface area contributed by atoms with Crippen LogP contribution in [-0.4, -0.2) is 27.6 Å². The molecule has 0 radical (unpaired) electrons. The molecule has 0 bridgehead atoms. The largest absolute Gasteiger partial charge is 0.384 e. The van der Waals surface area contributed by atoms with Gasteiger partial charge in [0, 0.05) is 13.2 Å². The summed E-state index contributed by atoms with van der Waals surface area (Å²) in [5.74, 6) is 0. The lowest BCUT2D eigenvalue weighted by Gasteiger charge is -2.40. The molecule has 1 aliphatic rings. The standard InChI is InChI=1S/C14H23ClN2O2/c1-10(2)17-12(11(15)9-16-17)13(18)14(19-3)7-5-4-6-8-14/h9-10,13,18H,4-8H2,1-3H3. The van der Waals surface area contributed by atoms with Crippen LogP contribution >= 0.6 is 11.6 Å². The number of aliphatic hydroxyl groups excluding tert-OH is 1. The third-order valence-electron chi connectivity index (χ3n) is 4.14. The zero-order chi connectivity index (χ0) is 14.0. The Morgan fingerprint density at radius 2 is 2.00 bits per heavy atom. The second-order valence-electron chi connectivity index (χ2n) is 5.65. The lowest BCUT2D eigenvalue weighted by molar-refractivity contribution is -0.128. The summed E-state index contributed by atoms with van der Waals surface area (Å²) in [7, 11) is 1.68. The molecule has 0 saturated heterocycles. The molecule has 0 spiro atoms. The van der Waals surface area contributed by atoms with Gasteiger partial charge in [-0.15, -0.1) is 0 Å². The van der Waals surface area contributed by atoms with Gasteiger partial charge in [0.05, 0.1) is 22.5 Å². The van der Waals surface area contributed by atoms with Gasteiger partial charge in [0.15, 0.2) is 0 Å². The number of hydrogen-bond donors (Lipinski definition) is 1. The molecule has 1 heterocycles. The van der Waals surface area contributed by atoms with E-state index in [1.807, 2.05) is 13.8 Å². The van der Waals surface area contributed by atoms with Crippen molar-refractivity contribution in [2.45, 2.75) is 63.7 Å². The average molecular weight is 287 g/mol. The fourth-order valence-electron chi connectivity index (χ4n) is 3.01. The van der Waals surface area contributed by atoms with E-state index >= 15 is 0 Å². The Bertz CT molecular complexity index is 425. The van der Waals surface area contributed by atoms with Crippen molar-refractivity contribution in [2.24, 2.45) is 0 Å². The van der Waals surface area contributed by atoms with Gasteiger partial charge in [-0.1, -0.05) is 30.9 Å². The lowest BCUT2D eigenvalue weighted by atomic mass is 9.79. The first-order chi connectivity index (χ1) is 9.02. The summed E-state index contributed by atoms with van der Waals surface area (Å²) >= 11 is 6.22. The SMILES string of the molecule is COC1(C(O)c2c(Cl)cnn2C(C)C)CCCCC1. The highest BCUT2D eigenvalue weighted by molar-refractivity contribution is 6.31. The van der Waals surface area contributed by atoms with Crippen molar-refractivity contribution in [1.29, 1.82) is 0 Å². The fourth-order valence-corrected chi connectivity index (χ4v) is 3.24. The zero-order valence-electron chi connectivity index (χ0n) is 11.9. The minimum atomic E-state index is -0.727. The van der Waals surface area contributed by atoms with E-state index in [9.17, 15) is 5.11 Å². The monoisotopic (exact) mass is 286 g/mol. The van der Waals surface area contributed by atoms with Crippen LogP contribution in [0.5, 0.6) is 0 Å². The van der Waals surface area contributed by atoms with Crippen LogP contribution in [0.1, 0.15) is 63.8 Å². The van der Waals surface area contributed by atoms with Gasteiger partial charge in [-0.2, -0.15) is 5.10 Å². The van der Waals surface area contributed by atoms with Gasteiger partial charge in [0.1, 0.15) is 6.10 Å². The van der Waals surface area contributed by atoms with Crippen molar-refractivity contribution in [1.82, 2.24) is 9.78 Å². The van der Waals surface area contributed by atoms with E-state index in [0.717, 1.165) is 25.7 Å². The Morgan fingerprint density at radius 3 is 2.53 bits per heavy atom. The summed E-state index contributed by atoms with van der Waals surface area (Å²) in [6.45, 7) is 4.06. The zero-order valence-corrected chi connectivity index (χ0v) is 12.7. The van der Waals surface area contributed by atoms with Gasteiger partial charge in [-0.25, -0.2) is 0 Å². The summed E-state index contributed by atoms with van der Waals surface area (Å²) in [6, 6.07) is 0.162. The van der Waals surface area contributed by atoms with Crippen LogP contribution in [0.2, 0.25) is 5.02 Å². The molecule has 1 saturated carbocycles. The predicted octanol–water partition coefficient (Wildman–Crippen LogP) is 3.50. The van der Waals surface area contributed by atoms with Gasteiger partial charge in [-0.3, -0.25) is 4.68 Å². The molecule has 1 atom stereocenters. The van der Waals surface area contributed by atoms with Crippen LogP contribution in [0.15, 0.2) is 6.20 Å². The van der Waals surface area contributed by atoms with Crippen LogP contribution in [-0.2, 0) is 4.74 Å². The smallest absolute Gasteiger partial charge is 0.126 e. The molecule has 2 rings (SSSR count). The number of aromatic nitrogens is 2. The van der Waals surface area contributed by atoms with E-state index in [2.05, 4.69) is 5.10 Å². The van der Waals surface area contributed by atoms with Gasteiger partial charge in [-0.05, 0) is 26.7 Å². The Labute approximate surface area is 119 Å². The number of nitrogens with zero attached hydrogens (tertiary/aromatic N) is 2. The second kappa shape index (κ2) is 5.81. The third-order valence-corrected chi connectivity index (χ3v) is 4.43. The van der Waals surface area contributed by atoms with Gasteiger partial charge >= 0.3 is 0 Å². The summed E-state index contributed by atoms with van der Waals surface area (Å²) in [5, 5.41) is 15.6. The van der Waals surface area contributed by atoms with E-state index in [0.29, 0.717) is 10.7 Å². The molecule has 108 valence electrons. The van der Waals surface area contributed by atoms with E-state index in [1.54, 1.807) is 18.0 Å². The van der Waals surface area contributed by atoms with E-state index in [1.165, 1.54) is 6.42 Å². The number of rotatable bonds is 4. The molecular formula is C14H23ClN2O2. The number of methoxy groups -OCH3 is 1. The fraction of sp³-hybridized carbons (Fsp3) is 0.786. The minimum Gasteiger partial charge on any atom is -0.384 e. The maximum absolute atomic E-state index is 10.8. The molecule has 19 heavy (non-hydrogen) atoms. The predicted molar refractivity (Wildman–Crippen MR) is 75.4 cm³/mol. The molecule has 0 aliphatic heterocycles. The highest BCUT2D eigenvalue weighted by Gasteiger charge is 2.42. The van der Waals surface area contributed by atoms with Gasteiger partial charge in [0.25, 0.3) is 0 Å². The van der Waals surface area contributed by atoms with Crippen molar-refractivity contribution in [3.8, 4) is 0 Å². The van der Waals surface area contributed by atoms with Crippen molar-refractivity contribution < 1.29 is 9.84 Å². The van der Waals surface area contributed by atoms with Crippen LogP contribution in [0.3, 0.4) is 0 Å². The van der Waals surface area contributed by atoms with Crippen LogP contribution in [0, 0.1) is 0 Å². The molecule has 1 fully saturated rings. The highest BCUT2D eigenvalue weighted by atomic mass is 35.5. The number of halogens is 1. The summed E-state index contributed by atoms with van der Waals surface area (Å²) in [5.41, 5.74) is 0.162. The third kappa shape index (κ3) is 2.67. The Morgan fingerprint density at radius 1 is 1.37 bits per heavy atom. The molecule has 0 amide bonds. The van der Waals surface area contributed by atoms with Crippen molar-refractivity contribution in [3.05, 3.63) is 16.9 Å². The van der Waals surface area contributed by atoms with Crippen molar-refractivity contribution in [2.75, 3.05) is 7.11 Å². The minimum absolute atomic E-state index is 0.162. The molecule has 1 aromatic heterocycles. The first-order valence-electron chi connectivity index (χ1n) is 6.98. The van der Waals surface area contributed by atoms with E-state index in [-0.39, 0.29) is 6.04 Å². The number of ether oxygens (including phenoxy) is 1. The van der Waals surface area contributed by atoms with Gasteiger partial charge < -0.3 is 9.84 Å². The Hall–Kier alpha value is -0.580. The summed E-state index contributed by atoms with van der Waals surface area (Å²) < 4.78 is 7.50. The molecule has 1 N–H and O–H groups in total. The molecule has 1 aliphatic carbocycles. The van der Waals surface area contributed by atoms with Crippen LogP contribution in [0.4, 0.5) is 0 Å². The second-order valence-corrected chi connectivity index (χ2v) is 6.06.